The van der Waals surface area contributed by atoms with Gasteiger partial charge in [-0.1, -0.05) is 18.2 Å². The van der Waals surface area contributed by atoms with Crippen molar-refractivity contribution in [2.45, 2.75) is 12.5 Å². The fourth-order valence-electron chi connectivity index (χ4n) is 2.22. The van der Waals surface area contributed by atoms with Crippen LogP contribution in [0.15, 0.2) is 46.9 Å². The standard InChI is InChI=1S/C15H13BrFNO/c16-13-8-11(17)5-6-14(13)18-9-12-7-10-3-1-2-4-15(10)19-12/h1-6,8,12,18H,7,9H2. The second-order valence-corrected chi connectivity index (χ2v) is 5.41. The van der Waals surface area contributed by atoms with Gasteiger partial charge in [-0.2, -0.15) is 0 Å². The van der Waals surface area contributed by atoms with E-state index in [1.54, 1.807) is 6.07 Å². The summed E-state index contributed by atoms with van der Waals surface area (Å²) in [6, 6.07) is 12.7. The number of halogens is 2. The van der Waals surface area contributed by atoms with Crippen molar-refractivity contribution in [1.82, 2.24) is 0 Å². The molecule has 1 unspecified atom stereocenters. The lowest BCUT2D eigenvalue weighted by atomic mass is 10.1. The monoisotopic (exact) mass is 321 g/mol. The third kappa shape index (κ3) is 2.73. The average molecular weight is 322 g/mol. The number of hydrogen-bond acceptors (Lipinski definition) is 2. The van der Waals surface area contributed by atoms with Crippen molar-refractivity contribution in [3.05, 3.63) is 58.3 Å². The summed E-state index contributed by atoms with van der Waals surface area (Å²) in [5.74, 6) is 0.717. The molecule has 2 aromatic carbocycles. The van der Waals surface area contributed by atoms with Crippen LogP contribution < -0.4 is 10.1 Å². The van der Waals surface area contributed by atoms with Crippen molar-refractivity contribution in [2.75, 3.05) is 11.9 Å². The van der Waals surface area contributed by atoms with Gasteiger partial charge in [0.15, 0.2) is 0 Å². The molecule has 0 saturated carbocycles. The molecular weight excluding hydrogens is 309 g/mol. The fraction of sp³-hybridized carbons (Fsp3) is 0.200. The summed E-state index contributed by atoms with van der Waals surface area (Å²) in [5, 5.41) is 3.28. The summed E-state index contributed by atoms with van der Waals surface area (Å²) in [7, 11) is 0. The quantitative estimate of drug-likeness (QED) is 0.922. The lowest BCUT2D eigenvalue weighted by Gasteiger charge is -2.14. The first kappa shape index (κ1) is 12.5. The second kappa shape index (κ2) is 5.21. The molecule has 0 bridgehead atoms. The number of nitrogens with one attached hydrogen (secondary N) is 1. The molecule has 0 radical (unpaired) electrons. The second-order valence-electron chi connectivity index (χ2n) is 4.56. The van der Waals surface area contributed by atoms with Gasteiger partial charge in [0.05, 0.1) is 6.54 Å². The minimum Gasteiger partial charge on any atom is -0.488 e. The molecule has 0 aromatic heterocycles. The lowest BCUT2D eigenvalue weighted by Crippen LogP contribution is -2.24. The summed E-state index contributed by atoms with van der Waals surface area (Å²) in [6.07, 6.45) is 1.02. The highest BCUT2D eigenvalue weighted by atomic mass is 79.9. The molecule has 19 heavy (non-hydrogen) atoms. The zero-order valence-corrected chi connectivity index (χ0v) is 11.8. The van der Waals surface area contributed by atoms with E-state index in [2.05, 4.69) is 27.3 Å². The molecule has 1 aliphatic heterocycles. The van der Waals surface area contributed by atoms with E-state index in [9.17, 15) is 4.39 Å². The normalized spacial score (nSPS) is 16.8. The lowest BCUT2D eigenvalue weighted by molar-refractivity contribution is 0.246. The Hall–Kier alpha value is -1.55. The number of hydrogen-bond donors (Lipinski definition) is 1. The van der Waals surface area contributed by atoms with Gasteiger partial charge >= 0.3 is 0 Å². The minimum atomic E-state index is -0.248. The molecule has 1 heterocycles. The average Bonchev–Trinajstić information content (AvgIpc) is 2.80. The van der Waals surface area contributed by atoms with E-state index >= 15 is 0 Å². The van der Waals surface area contributed by atoms with Gasteiger partial charge in [-0.05, 0) is 45.8 Å². The summed E-state index contributed by atoms with van der Waals surface area (Å²) < 4.78 is 19.6. The van der Waals surface area contributed by atoms with Crippen molar-refractivity contribution in [2.24, 2.45) is 0 Å². The molecule has 1 aliphatic rings. The van der Waals surface area contributed by atoms with E-state index in [0.29, 0.717) is 6.54 Å². The van der Waals surface area contributed by atoms with Crippen LogP contribution in [0.3, 0.4) is 0 Å². The predicted octanol–water partition coefficient (Wildman–Crippen LogP) is 4.00. The van der Waals surface area contributed by atoms with Crippen LogP contribution in [0.25, 0.3) is 0 Å². The number of anilines is 1. The Bertz CT molecular complexity index is 577. The van der Waals surface area contributed by atoms with Crippen LogP contribution in [-0.4, -0.2) is 12.6 Å². The molecule has 3 rings (SSSR count). The van der Waals surface area contributed by atoms with Crippen LogP contribution in [0.4, 0.5) is 10.1 Å². The Labute approximate surface area is 119 Å². The molecule has 2 aromatic rings. The van der Waals surface area contributed by atoms with E-state index in [0.717, 1.165) is 22.3 Å². The van der Waals surface area contributed by atoms with Gasteiger partial charge in [0.2, 0.25) is 0 Å². The molecule has 0 aliphatic carbocycles. The van der Waals surface area contributed by atoms with Crippen LogP contribution >= 0.6 is 15.9 Å². The molecule has 2 nitrogen and oxygen atoms in total. The summed E-state index contributed by atoms with van der Waals surface area (Å²) >= 11 is 3.34. The van der Waals surface area contributed by atoms with Gasteiger partial charge in [0.25, 0.3) is 0 Å². The van der Waals surface area contributed by atoms with Gasteiger partial charge < -0.3 is 10.1 Å². The topological polar surface area (TPSA) is 21.3 Å². The van der Waals surface area contributed by atoms with E-state index < -0.39 is 0 Å². The fourth-order valence-corrected chi connectivity index (χ4v) is 2.72. The summed E-state index contributed by atoms with van der Waals surface area (Å²) in [5.41, 5.74) is 2.12. The number of benzene rings is 2. The molecule has 0 spiro atoms. The van der Waals surface area contributed by atoms with Gasteiger partial charge in [-0.25, -0.2) is 4.39 Å². The summed E-state index contributed by atoms with van der Waals surface area (Å²) in [6.45, 7) is 0.693. The Morgan fingerprint density at radius 3 is 2.89 bits per heavy atom. The van der Waals surface area contributed by atoms with E-state index in [1.807, 2.05) is 18.2 Å². The Kier molecular flexibility index (Phi) is 3.42. The number of para-hydroxylation sites is 1. The van der Waals surface area contributed by atoms with Crippen LogP contribution in [0, 0.1) is 5.82 Å². The van der Waals surface area contributed by atoms with Crippen LogP contribution in [0.5, 0.6) is 5.75 Å². The maximum absolute atomic E-state index is 13.0. The van der Waals surface area contributed by atoms with E-state index in [-0.39, 0.29) is 11.9 Å². The highest BCUT2D eigenvalue weighted by Gasteiger charge is 2.21. The third-order valence-electron chi connectivity index (χ3n) is 3.17. The predicted molar refractivity (Wildman–Crippen MR) is 77.2 cm³/mol. The molecule has 1 atom stereocenters. The zero-order valence-electron chi connectivity index (χ0n) is 10.2. The molecule has 0 fully saturated rings. The van der Waals surface area contributed by atoms with Crippen LogP contribution in [-0.2, 0) is 6.42 Å². The van der Waals surface area contributed by atoms with Crippen molar-refractivity contribution < 1.29 is 9.13 Å². The van der Waals surface area contributed by atoms with Crippen LogP contribution in [0.1, 0.15) is 5.56 Å². The molecule has 1 N–H and O–H groups in total. The maximum atomic E-state index is 13.0. The SMILES string of the molecule is Fc1ccc(NCC2Cc3ccccc3O2)c(Br)c1. The number of fused-ring (bicyclic) bond motifs is 1. The first-order valence-electron chi connectivity index (χ1n) is 6.16. The van der Waals surface area contributed by atoms with Crippen molar-refractivity contribution >= 4 is 21.6 Å². The highest BCUT2D eigenvalue weighted by molar-refractivity contribution is 9.10. The smallest absolute Gasteiger partial charge is 0.124 e. The Morgan fingerprint density at radius 2 is 2.11 bits per heavy atom. The minimum absolute atomic E-state index is 0.120. The molecule has 0 saturated heterocycles. The molecule has 4 heteroatoms. The summed E-state index contributed by atoms with van der Waals surface area (Å²) in [4.78, 5) is 0. The van der Waals surface area contributed by atoms with E-state index in [4.69, 9.17) is 4.74 Å². The molecule has 0 amide bonds. The molecule has 98 valence electrons. The van der Waals surface area contributed by atoms with Crippen molar-refractivity contribution in [1.29, 1.82) is 0 Å². The highest BCUT2D eigenvalue weighted by Crippen LogP contribution is 2.29. The van der Waals surface area contributed by atoms with Crippen LogP contribution in [0.2, 0.25) is 0 Å². The first-order chi connectivity index (χ1) is 9.22. The largest absolute Gasteiger partial charge is 0.488 e. The van der Waals surface area contributed by atoms with Gasteiger partial charge in [-0.3, -0.25) is 0 Å². The van der Waals surface area contributed by atoms with Crippen molar-refractivity contribution in [3.8, 4) is 5.75 Å². The Balaban J connectivity index is 1.63. The third-order valence-corrected chi connectivity index (χ3v) is 3.82. The van der Waals surface area contributed by atoms with Gasteiger partial charge in [0, 0.05) is 16.6 Å². The first-order valence-corrected chi connectivity index (χ1v) is 6.95. The maximum Gasteiger partial charge on any atom is 0.124 e. The van der Waals surface area contributed by atoms with Gasteiger partial charge in [0.1, 0.15) is 17.7 Å². The number of ether oxygens (including phenoxy) is 1. The Morgan fingerprint density at radius 1 is 1.26 bits per heavy atom. The van der Waals surface area contributed by atoms with Crippen molar-refractivity contribution in [3.63, 3.8) is 0 Å². The number of rotatable bonds is 3. The van der Waals surface area contributed by atoms with Gasteiger partial charge in [-0.15, -0.1) is 0 Å². The molecular formula is C15H13BrFNO. The zero-order chi connectivity index (χ0) is 13.2. The van der Waals surface area contributed by atoms with E-state index in [1.165, 1.54) is 17.7 Å².